The lowest BCUT2D eigenvalue weighted by Gasteiger charge is -2.24. The van der Waals surface area contributed by atoms with Gasteiger partial charge in [-0.2, -0.15) is 0 Å². The van der Waals surface area contributed by atoms with Crippen molar-refractivity contribution in [2.75, 3.05) is 26.7 Å². The maximum Gasteiger partial charge on any atom is 0.0189 e. The van der Waals surface area contributed by atoms with Crippen LogP contribution < -0.4 is 5.32 Å². The second kappa shape index (κ2) is 4.97. The van der Waals surface area contributed by atoms with E-state index in [0.29, 0.717) is 6.04 Å². The van der Waals surface area contributed by atoms with E-state index < -0.39 is 0 Å². The molecule has 2 nitrogen and oxygen atoms in total. The number of likely N-dealkylation sites (N-methyl/N-ethyl adjacent to an activating group) is 2. The molecule has 0 aliphatic heterocycles. The largest absolute Gasteiger partial charge is 0.315 e. The number of nitrogens with one attached hydrogen (secondary N) is 1. The van der Waals surface area contributed by atoms with E-state index in [0.717, 1.165) is 24.9 Å². The van der Waals surface area contributed by atoms with Crippen molar-refractivity contribution in [1.82, 2.24) is 10.2 Å². The minimum Gasteiger partial charge on any atom is -0.315 e. The van der Waals surface area contributed by atoms with Crippen molar-refractivity contribution in [3.05, 3.63) is 0 Å². The monoisotopic (exact) mass is 184 g/mol. The molecule has 0 heterocycles. The van der Waals surface area contributed by atoms with Gasteiger partial charge in [0, 0.05) is 19.1 Å². The Hall–Kier alpha value is -0.0800. The van der Waals surface area contributed by atoms with Gasteiger partial charge in [-0.1, -0.05) is 13.8 Å². The Morgan fingerprint density at radius 2 is 2.15 bits per heavy atom. The van der Waals surface area contributed by atoms with Gasteiger partial charge in [-0.15, -0.1) is 0 Å². The average Bonchev–Trinajstić information content (AvgIpc) is 2.77. The lowest BCUT2D eigenvalue weighted by molar-refractivity contribution is 0.239. The lowest BCUT2D eigenvalue weighted by Crippen LogP contribution is -2.39. The Labute approximate surface area is 82.7 Å². The van der Waals surface area contributed by atoms with E-state index in [2.05, 4.69) is 38.0 Å². The number of hydrogen-bond donors (Lipinski definition) is 1. The zero-order chi connectivity index (χ0) is 9.84. The zero-order valence-electron chi connectivity index (χ0n) is 9.51. The van der Waals surface area contributed by atoms with Crippen molar-refractivity contribution in [3.63, 3.8) is 0 Å². The molecule has 13 heavy (non-hydrogen) atoms. The van der Waals surface area contributed by atoms with Crippen molar-refractivity contribution >= 4 is 0 Å². The normalized spacial score (nSPS) is 29.3. The molecule has 0 aromatic rings. The second-order valence-corrected chi connectivity index (χ2v) is 4.57. The highest BCUT2D eigenvalue weighted by atomic mass is 15.1. The minimum absolute atomic E-state index is 0.674. The fraction of sp³-hybridized carbons (Fsp3) is 1.00. The Balaban J connectivity index is 2.10. The molecule has 0 radical (unpaired) electrons. The van der Waals surface area contributed by atoms with Gasteiger partial charge in [-0.05, 0) is 38.8 Å². The molecule has 1 saturated carbocycles. The Bertz CT molecular complexity index is 147. The molecule has 0 bridgehead atoms. The summed E-state index contributed by atoms with van der Waals surface area (Å²) in [6, 6.07) is 0.674. The van der Waals surface area contributed by atoms with Crippen LogP contribution in [-0.4, -0.2) is 37.6 Å². The second-order valence-electron chi connectivity index (χ2n) is 4.57. The van der Waals surface area contributed by atoms with Crippen LogP contribution in [0.3, 0.4) is 0 Å². The Kier molecular flexibility index (Phi) is 4.20. The SMILES string of the molecule is CCNCC(C)N(C)CC1CC1C. The third-order valence-corrected chi connectivity index (χ3v) is 3.24. The lowest BCUT2D eigenvalue weighted by atomic mass is 10.2. The van der Waals surface area contributed by atoms with Gasteiger partial charge in [-0.25, -0.2) is 0 Å². The molecule has 1 N–H and O–H groups in total. The Morgan fingerprint density at radius 1 is 1.54 bits per heavy atom. The average molecular weight is 184 g/mol. The van der Waals surface area contributed by atoms with Crippen molar-refractivity contribution in [3.8, 4) is 0 Å². The van der Waals surface area contributed by atoms with Gasteiger partial charge in [0.1, 0.15) is 0 Å². The smallest absolute Gasteiger partial charge is 0.0189 e. The predicted molar refractivity (Wildman–Crippen MR) is 57.9 cm³/mol. The van der Waals surface area contributed by atoms with Gasteiger partial charge in [-0.3, -0.25) is 0 Å². The maximum absolute atomic E-state index is 3.39. The first-order chi connectivity index (χ1) is 6.15. The highest BCUT2D eigenvalue weighted by Gasteiger charge is 2.33. The summed E-state index contributed by atoms with van der Waals surface area (Å²) in [4.78, 5) is 2.48. The van der Waals surface area contributed by atoms with E-state index in [1.807, 2.05) is 0 Å². The third-order valence-electron chi connectivity index (χ3n) is 3.24. The van der Waals surface area contributed by atoms with Crippen molar-refractivity contribution < 1.29 is 0 Å². The van der Waals surface area contributed by atoms with E-state index in [-0.39, 0.29) is 0 Å². The summed E-state index contributed by atoms with van der Waals surface area (Å²) in [7, 11) is 2.24. The number of nitrogens with zero attached hydrogens (tertiary/aromatic N) is 1. The molecule has 1 rings (SSSR count). The standard InChI is InChI=1S/C11H24N2/c1-5-12-7-10(3)13(4)8-11-6-9(11)2/h9-12H,5-8H2,1-4H3. The van der Waals surface area contributed by atoms with Crippen molar-refractivity contribution in [1.29, 1.82) is 0 Å². The van der Waals surface area contributed by atoms with Gasteiger partial charge in [0.25, 0.3) is 0 Å². The van der Waals surface area contributed by atoms with Gasteiger partial charge in [0.2, 0.25) is 0 Å². The molecule has 0 spiro atoms. The molecule has 0 saturated heterocycles. The summed E-state index contributed by atoms with van der Waals surface area (Å²) in [6.07, 6.45) is 1.44. The van der Waals surface area contributed by atoms with Gasteiger partial charge in [0.15, 0.2) is 0 Å². The number of rotatable bonds is 6. The van der Waals surface area contributed by atoms with Crippen LogP contribution >= 0.6 is 0 Å². The van der Waals surface area contributed by atoms with Crippen LogP contribution in [0.15, 0.2) is 0 Å². The van der Waals surface area contributed by atoms with Crippen LogP contribution in [0.2, 0.25) is 0 Å². The van der Waals surface area contributed by atoms with E-state index in [4.69, 9.17) is 0 Å². The van der Waals surface area contributed by atoms with Gasteiger partial charge >= 0.3 is 0 Å². The van der Waals surface area contributed by atoms with E-state index in [1.165, 1.54) is 13.0 Å². The predicted octanol–water partition coefficient (Wildman–Crippen LogP) is 1.57. The molecule has 1 aliphatic carbocycles. The number of hydrogen-bond acceptors (Lipinski definition) is 2. The Morgan fingerprint density at radius 3 is 2.62 bits per heavy atom. The molecule has 1 aliphatic rings. The zero-order valence-corrected chi connectivity index (χ0v) is 9.51. The van der Waals surface area contributed by atoms with E-state index >= 15 is 0 Å². The fourth-order valence-electron chi connectivity index (χ4n) is 1.71. The van der Waals surface area contributed by atoms with E-state index in [9.17, 15) is 0 Å². The summed E-state index contributed by atoms with van der Waals surface area (Å²) < 4.78 is 0. The molecule has 2 heteroatoms. The van der Waals surface area contributed by atoms with Gasteiger partial charge < -0.3 is 10.2 Å². The molecule has 0 aromatic heterocycles. The first-order valence-electron chi connectivity index (χ1n) is 5.56. The first-order valence-corrected chi connectivity index (χ1v) is 5.56. The third kappa shape index (κ3) is 3.65. The van der Waals surface area contributed by atoms with Crippen molar-refractivity contribution in [2.24, 2.45) is 11.8 Å². The molecule has 1 fully saturated rings. The van der Waals surface area contributed by atoms with Crippen LogP contribution in [0.25, 0.3) is 0 Å². The van der Waals surface area contributed by atoms with Crippen LogP contribution in [0.5, 0.6) is 0 Å². The molecule has 0 amide bonds. The molecular weight excluding hydrogens is 160 g/mol. The minimum atomic E-state index is 0.674. The van der Waals surface area contributed by atoms with E-state index in [1.54, 1.807) is 0 Å². The summed E-state index contributed by atoms with van der Waals surface area (Å²) in [5, 5.41) is 3.39. The van der Waals surface area contributed by atoms with Crippen LogP contribution in [0.1, 0.15) is 27.2 Å². The van der Waals surface area contributed by atoms with Crippen LogP contribution in [0.4, 0.5) is 0 Å². The highest BCUT2D eigenvalue weighted by molar-refractivity contribution is 4.85. The van der Waals surface area contributed by atoms with Crippen LogP contribution in [-0.2, 0) is 0 Å². The molecular formula is C11H24N2. The highest BCUT2D eigenvalue weighted by Crippen LogP contribution is 2.38. The molecule has 3 atom stereocenters. The van der Waals surface area contributed by atoms with Gasteiger partial charge in [0.05, 0.1) is 0 Å². The topological polar surface area (TPSA) is 15.3 Å². The summed E-state index contributed by atoms with van der Waals surface area (Å²) >= 11 is 0. The molecule has 0 aromatic carbocycles. The summed E-state index contributed by atoms with van der Waals surface area (Å²) in [5.41, 5.74) is 0. The summed E-state index contributed by atoms with van der Waals surface area (Å²) in [5.74, 6) is 1.96. The maximum atomic E-state index is 3.39. The molecule has 78 valence electrons. The van der Waals surface area contributed by atoms with Crippen LogP contribution in [0, 0.1) is 11.8 Å². The summed E-state index contributed by atoms with van der Waals surface area (Å²) in [6.45, 7) is 10.3. The molecule has 3 unspecified atom stereocenters. The van der Waals surface area contributed by atoms with Crippen molar-refractivity contribution in [2.45, 2.75) is 33.2 Å². The fourth-order valence-corrected chi connectivity index (χ4v) is 1.71. The first kappa shape index (κ1) is 11.0. The quantitative estimate of drug-likeness (QED) is 0.674.